The fourth-order valence-corrected chi connectivity index (χ4v) is 4.27. The molecule has 0 aromatic heterocycles. The van der Waals surface area contributed by atoms with Gasteiger partial charge in [0.05, 0.1) is 0 Å². The van der Waals surface area contributed by atoms with Gasteiger partial charge in [0, 0.05) is 0 Å². The Hall–Kier alpha value is 0.947. The summed E-state index contributed by atoms with van der Waals surface area (Å²) in [6, 6.07) is 0. The molecule has 0 spiro atoms. The molecule has 0 aromatic carbocycles. The molecule has 0 radical (unpaired) electrons. The van der Waals surface area contributed by atoms with Crippen LogP contribution in [0.4, 0.5) is 0 Å². The van der Waals surface area contributed by atoms with E-state index in [0.29, 0.717) is 0 Å². The standard InChI is InChI=1S/C5H14P2Si/c1-5-7(6)8(2,3)4/h5H2,1-4H3. The van der Waals surface area contributed by atoms with Crippen molar-refractivity contribution in [3.8, 4) is 0 Å². The summed E-state index contributed by atoms with van der Waals surface area (Å²) in [5.74, 6) is 0. The van der Waals surface area contributed by atoms with E-state index in [4.69, 9.17) is 0 Å². The van der Waals surface area contributed by atoms with Gasteiger partial charge in [0.2, 0.25) is 0 Å². The zero-order chi connectivity index (χ0) is 6.78. The monoisotopic (exact) mass is 164 g/mol. The minimum atomic E-state index is -0.832. The van der Waals surface area contributed by atoms with E-state index < -0.39 is 7.74 Å². The first kappa shape index (κ1) is 8.95. The van der Waals surface area contributed by atoms with Crippen LogP contribution in [-0.4, -0.2) is 13.9 Å². The Kier molecular flexibility index (Phi) is 3.58. The van der Waals surface area contributed by atoms with Crippen molar-refractivity contribution in [3.63, 3.8) is 0 Å². The molecule has 0 saturated heterocycles. The molecule has 3 heteroatoms. The predicted octanol–water partition coefficient (Wildman–Crippen LogP) is 3.65. The molecule has 0 nitrogen and oxygen atoms in total. The molecule has 0 saturated carbocycles. The topological polar surface area (TPSA) is 0 Å². The Morgan fingerprint density at radius 2 is 1.75 bits per heavy atom. The summed E-state index contributed by atoms with van der Waals surface area (Å²) in [5, 5.41) is 0. The van der Waals surface area contributed by atoms with Gasteiger partial charge in [-0.05, 0) is 0 Å². The van der Waals surface area contributed by atoms with Crippen LogP contribution in [-0.2, 0) is 0 Å². The van der Waals surface area contributed by atoms with E-state index in [1.807, 2.05) is 0 Å². The molecule has 0 bridgehead atoms. The van der Waals surface area contributed by atoms with Gasteiger partial charge >= 0.3 is 55.4 Å². The first-order valence-corrected chi connectivity index (χ1v) is 9.97. The van der Waals surface area contributed by atoms with Gasteiger partial charge in [-0.1, -0.05) is 0 Å². The quantitative estimate of drug-likeness (QED) is 0.378. The zero-order valence-corrected chi connectivity index (χ0v) is 8.89. The second kappa shape index (κ2) is 3.20. The van der Waals surface area contributed by atoms with Gasteiger partial charge in [-0.25, -0.2) is 0 Å². The van der Waals surface area contributed by atoms with Gasteiger partial charge in [-0.3, -0.25) is 0 Å². The third kappa shape index (κ3) is 3.07. The maximum atomic E-state index is 4.54. The average Bonchev–Trinajstić information content (AvgIpc) is 1.62. The third-order valence-corrected chi connectivity index (χ3v) is 15.1. The van der Waals surface area contributed by atoms with Crippen LogP contribution in [0.2, 0.25) is 19.6 Å². The number of hydrogen-bond donors (Lipinski definition) is 0. The molecular weight excluding hydrogens is 150 g/mol. The van der Waals surface area contributed by atoms with Crippen LogP contribution < -0.4 is 0 Å². The Morgan fingerprint density at radius 3 is 1.75 bits per heavy atom. The molecule has 0 heterocycles. The Morgan fingerprint density at radius 1 is 1.38 bits per heavy atom. The van der Waals surface area contributed by atoms with Crippen molar-refractivity contribution >= 4 is 22.7 Å². The van der Waals surface area contributed by atoms with Gasteiger partial charge in [0.1, 0.15) is 0 Å². The third-order valence-electron chi connectivity index (χ3n) is 1.07. The second-order valence-corrected chi connectivity index (χ2v) is 16.9. The van der Waals surface area contributed by atoms with E-state index in [1.165, 1.54) is 6.16 Å². The fourth-order valence-electron chi connectivity index (χ4n) is 0.474. The van der Waals surface area contributed by atoms with Crippen molar-refractivity contribution in [1.29, 1.82) is 0 Å². The van der Waals surface area contributed by atoms with E-state index in [-0.39, 0.29) is 6.57 Å². The predicted molar refractivity (Wildman–Crippen MR) is 47.7 cm³/mol. The summed E-state index contributed by atoms with van der Waals surface area (Å²) >= 11 is 0. The summed E-state index contributed by atoms with van der Waals surface area (Å²) < 4.78 is 0. The van der Waals surface area contributed by atoms with Gasteiger partial charge < -0.3 is 0 Å². The number of rotatable bonds is 0. The van der Waals surface area contributed by atoms with Gasteiger partial charge in [0.15, 0.2) is 0 Å². The Labute approximate surface area is 56.0 Å². The SMILES string of the molecule is CCP(#P)[Si](C)(C)C. The first-order valence-electron chi connectivity index (χ1n) is 2.95. The van der Waals surface area contributed by atoms with Crippen molar-refractivity contribution in [2.24, 2.45) is 0 Å². The van der Waals surface area contributed by atoms with Gasteiger partial charge in [-0.2, -0.15) is 0 Å². The summed E-state index contributed by atoms with van der Waals surface area (Å²) in [6.45, 7) is 9.50. The van der Waals surface area contributed by atoms with Gasteiger partial charge in [-0.15, -0.1) is 0 Å². The second-order valence-electron chi connectivity index (χ2n) is 2.89. The molecule has 0 aliphatic carbocycles. The van der Waals surface area contributed by atoms with Crippen LogP contribution in [0.3, 0.4) is 0 Å². The maximum absolute atomic E-state index is 4.54. The van der Waals surface area contributed by atoms with Crippen LogP contribution in [0.15, 0.2) is 0 Å². The summed E-state index contributed by atoms with van der Waals surface area (Å²) in [7, 11) is 3.71. The summed E-state index contributed by atoms with van der Waals surface area (Å²) in [6.07, 6.45) is 1.29. The summed E-state index contributed by atoms with van der Waals surface area (Å²) in [5.41, 5.74) is 0. The molecule has 0 N–H and O–H groups in total. The van der Waals surface area contributed by atoms with Crippen molar-refractivity contribution in [3.05, 3.63) is 0 Å². The first-order chi connectivity index (χ1) is 3.48. The van der Waals surface area contributed by atoms with Crippen molar-refractivity contribution < 1.29 is 0 Å². The molecule has 0 aliphatic heterocycles. The van der Waals surface area contributed by atoms with Crippen LogP contribution in [0.1, 0.15) is 6.92 Å². The fraction of sp³-hybridized carbons (Fsp3) is 1.00. The molecule has 1 atom stereocenters. The molecule has 0 aliphatic rings. The van der Waals surface area contributed by atoms with Gasteiger partial charge in [0.25, 0.3) is 0 Å². The molecule has 48 valence electrons. The number of hydrogen-bond acceptors (Lipinski definition) is 0. The van der Waals surface area contributed by atoms with E-state index in [9.17, 15) is 0 Å². The summed E-state index contributed by atoms with van der Waals surface area (Å²) in [4.78, 5) is 0. The normalized spacial score (nSPS) is 13.6. The van der Waals surface area contributed by atoms with E-state index in [0.717, 1.165) is 0 Å². The average molecular weight is 164 g/mol. The molecular formula is C5H14P2Si. The molecule has 8 heavy (non-hydrogen) atoms. The van der Waals surface area contributed by atoms with Crippen LogP contribution in [0.5, 0.6) is 0 Å². The molecule has 0 aromatic rings. The molecule has 0 rings (SSSR count). The van der Waals surface area contributed by atoms with E-state index >= 15 is 0 Å². The zero-order valence-electron chi connectivity index (χ0n) is 6.10. The van der Waals surface area contributed by atoms with Crippen molar-refractivity contribution in [2.45, 2.75) is 26.6 Å². The van der Waals surface area contributed by atoms with E-state index in [1.54, 1.807) is 0 Å². The molecule has 0 fully saturated rings. The van der Waals surface area contributed by atoms with Crippen LogP contribution in [0.25, 0.3) is 0 Å². The molecule has 0 amide bonds. The molecule has 1 unspecified atom stereocenters. The van der Waals surface area contributed by atoms with E-state index in [2.05, 4.69) is 34.9 Å². The van der Waals surface area contributed by atoms with Crippen molar-refractivity contribution in [1.82, 2.24) is 0 Å². The Balaban J connectivity index is 3.90. The van der Waals surface area contributed by atoms with Crippen LogP contribution >= 0.6 is 14.9 Å². The van der Waals surface area contributed by atoms with Crippen molar-refractivity contribution in [2.75, 3.05) is 6.16 Å². The minimum absolute atomic E-state index is 0.114. The Bertz CT molecular complexity index is 126. The van der Waals surface area contributed by atoms with Crippen LogP contribution in [0, 0.1) is 0 Å².